The van der Waals surface area contributed by atoms with Gasteiger partial charge < -0.3 is 15.0 Å². The Balaban J connectivity index is 1.56. The molecule has 3 rings (SSSR count). The van der Waals surface area contributed by atoms with E-state index in [4.69, 9.17) is 4.74 Å². The first-order valence-corrected chi connectivity index (χ1v) is 9.90. The predicted molar refractivity (Wildman–Crippen MR) is 96.5 cm³/mol. The van der Waals surface area contributed by atoms with Gasteiger partial charge in [0.05, 0.1) is 13.0 Å². The lowest BCUT2D eigenvalue weighted by molar-refractivity contribution is -0.149. The second-order valence-electron chi connectivity index (χ2n) is 7.93. The summed E-state index contributed by atoms with van der Waals surface area (Å²) in [5, 5.41) is 2.86. The third kappa shape index (κ3) is 3.80. The lowest BCUT2D eigenvalue weighted by Crippen LogP contribution is -2.50. The molecule has 3 fully saturated rings. The Kier molecular flexibility index (Phi) is 5.72. The molecule has 1 spiro atoms. The van der Waals surface area contributed by atoms with E-state index in [1.54, 1.807) is 4.90 Å². The quantitative estimate of drug-likeness (QED) is 0.586. The van der Waals surface area contributed by atoms with Crippen molar-refractivity contribution in [3.05, 3.63) is 0 Å². The number of ether oxygens (including phenoxy) is 1. The van der Waals surface area contributed by atoms with Gasteiger partial charge in [-0.15, -0.1) is 0 Å². The molecule has 0 aromatic heterocycles. The SMILES string of the molecule is CCC1CCC2(CC1)NC(=O)N(CC(=O)N1CCC(C(=O)OC)CC1)C2=O. The average molecular weight is 379 g/mol. The summed E-state index contributed by atoms with van der Waals surface area (Å²) in [6.45, 7) is 2.79. The minimum absolute atomic E-state index is 0.187. The molecule has 0 radical (unpaired) electrons. The van der Waals surface area contributed by atoms with E-state index < -0.39 is 11.6 Å². The van der Waals surface area contributed by atoms with E-state index in [0.717, 1.165) is 24.2 Å². The monoisotopic (exact) mass is 379 g/mol. The highest BCUT2D eigenvalue weighted by Crippen LogP contribution is 2.37. The highest BCUT2D eigenvalue weighted by molar-refractivity contribution is 6.09. The van der Waals surface area contributed by atoms with Crippen molar-refractivity contribution in [3.63, 3.8) is 0 Å². The van der Waals surface area contributed by atoms with E-state index in [-0.39, 0.29) is 30.2 Å². The number of carbonyl (C=O) groups is 4. The number of hydrogen-bond donors (Lipinski definition) is 1. The number of likely N-dealkylation sites (tertiary alicyclic amines) is 1. The fraction of sp³-hybridized carbons (Fsp3) is 0.789. The van der Waals surface area contributed by atoms with Crippen LogP contribution in [0.15, 0.2) is 0 Å². The molecular weight excluding hydrogens is 350 g/mol. The number of nitrogens with zero attached hydrogens (tertiary/aromatic N) is 2. The minimum atomic E-state index is -0.819. The molecule has 27 heavy (non-hydrogen) atoms. The van der Waals surface area contributed by atoms with E-state index >= 15 is 0 Å². The van der Waals surface area contributed by atoms with E-state index in [1.807, 2.05) is 0 Å². The molecule has 0 bridgehead atoms. The molecule has 1 saturated carbocycles. The number of imide groups is 1. The number of urea groups is 1. The molecule has 0 aromatic carbocycles. The van der Waals surface area contributed by atoms with Crippen molar-refractivity contribution >= 4 is 23.8 Å². The van der Waals surface area contributed by atoms with Crippen LogP contribution in [0.3, 0.4) is 0 Å². The van der Waals surface area contributed by atoms with Gasteiger partial charge in [0.25, 0.3) is 5.91 Å². The van der Waals surface area contributed by atoms with Gasteiger partial charge in [0.15, 0.2) is 0 Å². The number of methoxy groups -OCH3 is 1. The van der Waals surface area contributed by atoms with Crippen LogP contribution in [0.2, 0.25) is 0 Å². The van der Waals surface area contributed by atoms with Crippen molar-refractivity contribution in [2.24, 2.45) is 11.8 Å². The van der Waals surface area contributed by atoms with Crippen molar-refractivity contribution in [3.8, 4) is 0 Å². The van der Waals surface area contributed by atoms with E-state index in [0.29, 0.717) is 44.7 Å². The molecule has 2 heterocycles. The summed E-state index contributed by atoms with van der Waals surface area (Å²) in [4.78, 5) is 52.2. The number of carbonyl (C=O) groups excluding carboxylic acids is 4. The van der Waals surface area contributed by atoms with Crippen LogP contribution in [0, 0.1) is 11.8 Å². The third-order valence-electron chi connectivity index (χ3n) is 6.46. The van der Waals surface area contributed by atoms with Crippen LogP contribution < -0.4 is 5.32 Å². The third-order valence-corrected chi connectivity index (χ3v) is 6.46. The Morgan fingerprint density at radius 1 is 1.15 bits per heavy atom. The largest absolute Gasteiger partial charge is 0.469 e. The highest BCUT2D eigenvalue weighted by Gasteiger charge is 2.52. The number of nitrogens with one attached hydrogen (secondary N) is 1. The van der Waals surface area contributed by atoms with Gasteiger partial charge in [-0.3, -0.25) is 19.3 Å². The minimum Gasteiger partial charge on any atom is -0.469 e. The van der Waals surface area contributed by atoms with Crippen molar-refractivity contribution in [1.82, 2.24) is 15.1 Å². The zero-order valence-electron chi connectivity index (χ0n) is 16.2. The Bertz CT molecular complexity index is 619. The van der Waals surface area contributed by atoms with Gasteiger partial charge in [-0.2, -0.15) is 0 Å². The van der Waals surface area contributed by atoms with Gasteiger partial charge in [-0.05, 0) is 44.4 Å². The lowest BCUT2D eigenvalue weighted by Gasteiger charge is -2.35. The zero-order chi connectivity index (χ0) is 19.6. The van der Waals surface area contributed by atoms with E-state index in [9.17, 15) is 19.2 Å². The summed E-state index contributed by atoms with van der Waals surface area (Å²) in [6.07, 6.45) is 5.30. The average Bonchev–Trinajstić information content (AvgIpc) is 2.92. The molecule has 1 aliphatic carbocycles. The first kappa shape index (κ1) is 19.6. The second-order valence-corrected chi connectivity index (χ2v) is 7.93. The fourth-order valence-electron chi connectivity index (χ4n) is 4.50. The number of esters is 1. The van der Waals surface area contributed by atoms with Crippen LogP contribution in [-0.2, 0) is 19.1 Å². The maximum absolute atomic E-state index is 12.9. The number of piperidine rings is 1. The zero-order valence-corrected chi connectivity index (χ0v) is 16.2. The Labute approximate surface area is 159 Å². The maximum atomic E-state index is 12.9. The Morgan fingerprint density at radius 3 is 2.33 bits per heavy atom. The first-order valence-electron chi connectivity index (χ1n) is 9.90. The van der Waals surface area contributed by atoms with Gasteiger partial charge in [-0.25, -0.2) is 4.79 Å². The molecule has 1 N–H and O–H groups in total. The molecule has 8 nitrogen and oxygen atoms in total. The van der Waals surface area contributed by atoms with Crippen LogP contribution in [-0.4, -0.2) is 65.9 Å². The smallest absolute Gasteiger partial charge is 0.325 e. The highest BCUT2D eigenvalue weighted by atomic mass is 16.5. The van der Waals surface area contributed by atoms with Gasteiger partial charge in [0.1, 0.15) is 12.1 Å². The number of amides is 4. The summed E-state index contributed by atoms with van der Waals surface area (Å²) in [5.41, 5.74) is -0.819. The van der Waals surface area contributed by atoms with Gasteiger partial charge >= 0.3 is 12.0 Å². The molecule has 2 saturated heterocycles. The normalized spacial score (nSPS) is 29.2. The Hall–Kier alpha value is -2.12. The summed E-state index contributed by atoms with van der Waals surface area (Å²) < 4.78 is 4.75. The van der Waals surface area contributed by atoms with Crippen molar-refractivity contribution in [2.45, 2.75) is 57.4 Å². The van der Waals surface area contributed by atoms with Crippen LogP contribution in [0.4, 0.5) is 4.79 Å². The van der Waals surface area contributed by atoms with E-state index in [2.05, 4.69) is 12.2 Å². The molecule has 3 aliphatic rings. The molecule has 0 aromatic rings. The van der Waals surface area contributed by atoms with Crippen LogP contribution in [0.25, 0.3) is 0 Å². The molecule has 0 atom stereocenters. The number of hydrogen-bond acceptors (Lipinski definition) is 5. The van der Waals surface area contributed by atoms with Crippen LogP contribution in [0.5, 0.6) is 0 Å². The van der Waals surface area contributed by atoms with Gasteiger partial charge in [-0.1, -0.05) is 13.3 Å². The lowest BCUT2D eigenvalue weighted by atomic mass is 9.75. The van der Waals surface area contributed by atoms with Gasteiger partial charge in [0.2, 0.25) is 5.91 Å². The molecule has 0 unspecified atom stereocenters. The fourth-order valence-corrected chi connectivity index (χ4v) is 4.50. The van der Waals surface area contributed by atoms with Crippen LogP contribution in [0.1, 0.15) is 51.9 Å². The second kappa shape index (κ2) is 7.86. The summed E-state index contributed by atoms with van der Waals surface area (Å²) in [6, 6.07) is -0.465. The summed E-state index contributed by atoms with van der Waals surface area (Å²) in [7, 11) is 1.36. The van der Waals surface area contributed by atoms with Crippen LogP contribution >= 0.6 is 0 Å². The molecular formula is C19H29N3O5. The van der Waals surface area contributed by atoms with Crippen molar-refractivity contribution in [1.29, 1.82) is 0 Å². The van der Waals surface area contributed by atoms with Crippen molar-refractivity contribution in [2.75, 3.05) is 26.7 Å². The first-order chi connectivity index (χ1) is 12.9. The predicted octanol–water partition coefficient (Wildman–Crippen LogP) is 1.29. The Morgan fingerprint density at radius 2 is 1.78 bits per heavy atom. The molecule has 2 aliphatic heterocycles. The topological polar surface area (TPSA) is 96.0 Å². The molecule has 4 amide bonds. The molecule has 150 valence electrons. The molecule has 8 heteroatoms. The number of rotatable bonds is 4. The van der Waals surface area contributed by atoms with E-state index in [1.165, 1.54) is 7.11 Å². The standard InChI is InChI=1S/C19H29N3O5/c1-3-13-4-8-19(9-5-13)17(25)22(18(26)20-19)12-15(23)21-10-6-14(7-11-21)16(24)27-2/h13-14H,3-12H2,1-2H3,(H,20,26). The van der Waals surface area contributed by atoms with Crippen molar-refractivity contribution < 1.29 is 23.9 Å². The summed E-state index contributed by atoms with van der Waals surface area (Å²) >= 11 is 0. The summed E-state index contributed by atoms with van der Waals surface area (Å²) in [5.74, 6) is -0.346. The maximum Gasteiger partial charge on any atom is 0.325 e. The van der Waals surface area contributed by atoms with Gasteiger partial charge in [0, 0.05) is 13.1 Å².